The van der Waals surface area contributed by atoms with E-state index in [1.54, 1.807) is 0 Å². The van der Waals surface area contributed by atoms with E-state index in [1.165, 1.54) is 75.3 Å². The zero-order valence-corrected chi connectivity index (χ0v) is 22.5. The molecular weight excluding hydrogens is 492 g/mol. The maximum Gasteiger partial charge on any atom is 0.0705 e. The molecule has 0 spiro atoms. The van der Waals surface area contributed by atoms with Crippen molar-refractivity contribution in [2.24, 2.45) is 0 Å². The van der Waals surface area contributed by atoms with Gasteiger partial charge in [-0.05, 0) is 64.7 Å². The molecule has 0 saturated heterocycles. The first-order valence-electron chi connectivity index (χ1n) is 13.5. The summed E-state index contributed by atoms with van der Waals surface area (Å²) >= 11 is 1.88. The standard InChI is InChI=1S/C36H24N2S/c1-36(2)29-20-30-21(8-7-17-37-30)18-28(29)26-15-16-27-23-9-3-5-11-31(23)38(35(27)34(26)36)22-13-14-25-24-10-4-6-12-32(24)39-33(25)19-22/h3-20H,1-2H3. The molecule has 8 aromatic rings. The van der Waals surface area contributed by atoms with Gasteiger partial charge in [0.15, 0.2) is 0 Å². The smallest absolute Gasteiger partial charge is 0.0705 e. The van der Waals surface area contributed by atoms with Gasteiger partial charge in [-0.2, -0.15) is 0 Å². The first-order chi connectivity index (χ1) is 19.1. The fourth-order valence-corrected chi connectivity index (χ4v) is 8.17. The van der Waals surface area contributed by atoms with Crippen molar-refractivity contribution in [1.29, 1.82) is 0 Å². The van der Waals surface area contributed by atoms with Crippen LogP contribution in [0.5, 0.6) is 0 Å². The van der Waals surface area contributed by atoms with Crippen molar-refractivity contribution in [2.75, 3.05) is 0 Å². The average molecular weight is 517 g/mol. The predicted octanol–water partition coefficient (Wildman–Crippen LogP) is 10.0. The summed E-state index contributed by atoms with van der Waals surface area (Å²) in [5.74, 6) is 0. The van der Waals surface area contributed by atoms with E-state index in [-0.39, 0.29) is 5.41 Å². The summed E-state index contributed by atoms with van der Waals surface area (Å²) in [6.45, 7) is 4.76. The first kappa shape index (κ1) is 21.5. The van der Waals surface area contributed by atoms with E-state index in [0.29, 0.717) is 0 Å². The van der Waals surface area contributed by atoms with Crippen LogP contribution in [0, 0.1) is 0 Å². The van der Waals surface area contributed by atoms with Gasteiger partial charge in [0.1, 0.15) is 0 Å². The Morgan fingerprint density at radius 1 is 0.667 bits per heavy atom. The minimum absolute atomic E-state index is 0.163. The summed E-state index contributed by atoms with van der Waals surface area (Å²) in [4.78, 5) is 4.69. The summed E-state index contributed by atoms with van der Waals surface area (Å²) in [6.07, 6.45) is 1.89. The van der Waals surface area contributed by atoms with Gasteiger partial charge < -0.3 is 4.57 Å². The predicted molar refractivity (Wildman–Crippen MR) is 167 cm³/mol. The molecule has 0 saturated carbocycles. The SMILES string of the molecule is CC1(C)c2cc3ncccc3cc2-c2ccc3c4ccccc4n(-c4ccc5c(c4)sc4ccccc45)c3c21. The van der Waals surface area contributed by atoms with Crippen molar-refractivity contribution in [3.8, 4) is 16.8 Å². The van der Waals surface area contributed by atoms with Gasteiger partial charge in [0, 0.05) is 53.6 Å². The second-order valence-corrected chi connectivity index (χ2v) is 12.3. The number of aromatic nitrogens is 2. The molecule has 0 amide bonds. The molecular formula is C36H24N2S. The Morgan fingerprint density at radius 3 is 2.38 bits per heavy atom. The lowest BCUT2D eigenvalue weighted by Crippen LogP contribution is -2.16. The van der Waals surface area contributed by atoms with Gasteiger partial charge in [-0.25, -0.2) is 0 Å². The molecule has 0 bridgehead atoms. The van der Waals surface area contributed by atoms with Crippen LogP contribution >= 0.6 is 11.3 Å². The van der Waals surface area contributed by atoms with Crippen LogP contribution in [0.4, 0.5) is 0 Å². The Morgan fingerprint density at radius 2 is 1.46 bits per heavy atom. The fourth-order valence-electron chi connectivity index (χ4n) is 7.03. The van der Waals surface area contributed by atoms with Gasteiger partial charge in [0.05, 0.1) is 16.6 Å². The number of thiophene rings is 1. The summed E-state index contributed by atoms with van der Waals surface area (Å²) < 4.78 is 5.18. The third kappa shape index (κ3) is 2.73. The molecule has 3 heteroatoms. The first-order valence-corrected chi connectivity index (χ1v) is 14.3. The molecule has 39 heavy (non-hydrogen) atoms. The Bertz CT molecular complexity index is 2320. The summed E-state index contributed by atoms with van der Waals surface area (Å²) in [6, 6.07) is 38.1. The van der Waals surface area contributed by atoms with Gasteiger partial charge >= 0.3 is 0 Å². The lowest BCUT2D eigenvalue weighted by molar-refractivity contribution is 0.664. The normalized spacial score (nSPS) is 14.1. The quantitative estimate of drug-likeness (QED) is 0.212. The van der Waals surface area contributed by atoms with E-state index in [1.807, 2.05) is 23.6 Å². The molecule has 1 aliphatic rings. The Hall–Kier alpha value is -4.47. The van der Waals surface area contributed by atoms with E-state index in [2.05, 4.69) is 115 Å². The number of benzene rings is 5. The number of fused-ring (bicyclic) bond motifs is 11. The number of para-hydroxylation sites is 1. The minimum atomic E-state index is -0.163. The van der Waals surface area contributed by atoms with Gasteiger partial charge in [0.2, 0.25) is 0 Å². The molecule has 3 heterocycles. The Balaban J connectivity index is 1.41. The van der Waals surface area contributed by atoms with Crippen molar-refractivity contribution in [1.82, 2.24) is 9.55 Å². The van der Waals surface area contributed by atoms with Crippen LogP contribution in [-0.4, -0.2) is 9.55 Å². The number of hydrogen-bond donors (Lipinski definition) is 0. The second-order valence-electron chi connectivity index (χ2n) is 11.2. The molecule has 0 atom stereocenters. The molecule has 9 rings (SSSR count). The molecule has 184 valence electrons. The zero-order valence-electron chi connectivity index (χ0n) is 21.7. The lowest BCUT2D eigenvalue weighted by Gasteiger charge is -2.24. The van der Waals surface area contributed by atoms with E-state index >= 15 is 0 Å². The molecule has 3 aromatic heterocycles. The molecule has 2 nitrogen and oxygen atoms in total. The molecule has 0 N–H and O–H groups in total. The van der Waals surface area contributed by atoms with Gasteiger partial charge in [0.25, 0.3) is 0 Å². The number of rotatable bonds is 1. The highest BCUT2D eigenvalue weighted by Gasteiger charge is 2.39. The number of nitrogens with zero attached hydrogens (tertiary/aromatic N) is 2. The van der Waals surface area contributed by atoms with Crippen LogP contribution < -0.4 is 0 Å². The van der Waals surface area contributed by atoms with Crippen LogP contribution in [0.25, 0.3) is 69.7 Å². The van der Waals surface area contributed by atoms with Crippen LogP contribution in [0.2, 0.25) is 0 Å². The number of hydrogen-bond acceptors (Lipinski definition) is 2. The van der Waals surface area contributed by atoms with Gasteiger partial charge in [-0.1, -0.05) is 74.5 Å². The zero-order chi connectivity index (χ0) is 25.9. The largest absolute Gasteiger partial charge is 0.309 e. The van der Waals surface area contributed by atoms with E-state index in [4.69, 9.17) is 4.98 Å². The monoisotopic (exact) mass is 516 g/mol. The van der Waals surface area contributed by atoms with Gasteiger partial charge in [-0.15, -0.1) is 11.3 Å². The van der Waals surface area contributed by atoms with E-state index < -0.39 is 0 Å². The maximum absolute atomic E-state index is 4.69. The van der Waals surface area contributed by atoms with Crippen molar-refractivity contribution in [3.63, 3.8) is 0 Å². The van der Waals surface area contributed by atoms with Crippen LogP contribution in [0.15, 0.2) is 109 Å². The Labute approximate surface area is 229 Å². The van der Waals surface area contributed by atoms with Crippen molar-refractivity contribution < 1.29 is 0 Å². The average Bonchev–Trinajstić information content (AvgIpc) is 3.57. The number of pyridine rings is 1. The van der Waals surface area contributed by atoms with Crippen molar-refractivity contribution in [2.45, 2.75) is 19.3 Å². The Kier molecular flexibility index (Phi) is 4.04. The van der Waals surface area contributed by atoms with Crippen LogP contribution in [0.3, 0.4) is 0 Å². The highest BCUT2D eigenvalue weighted by molar-refractivity contribution is 7.25. The van der Waals surface area contributed by atoms with E-state index in [0.717, 1.165) is 5.52 Å². The van der Waals surface area contributed by atoms with E-state index in [9.17, 15) is 0 Å². The summed E-state index contributed by atoms with van der Waals surface area (Å²) in [5, 5.41) is 6.46. The highest BCUT2D eigenvalue weighted by atomic mass is 32.1. The van der Waals surface area contributed by atoms with Crippen LogP contribution in [0.1, 0.15) is 25.0 Å². The maximum atomic E-state index is 4.69. The fraction of sp³-hybridized carbons (Fsp3) is 0.0833. The molecule has 1 aliphatic carbocycles. The topological polar surface area (TPSA) is 17.8 Å². The van der Waals surface area contributed by atoms with Gasteiger partial charge in [-0.3, -0.25) is 4.98 Å². The molecule has 0 aliphatic heterocycles. The lowest BCUT2D eigenvalue weighted by atomic mass is 9.81. The second kappa shape index (κ2) is 7.34. The van der Waals surface area contributed by atoms with Crippen LogP contribution in [-0.2, 0) is 5.41 Å². The minimum Gasteiger partial charge on any atom is -0.309 e. The third-order valence-electron chi connectivity index (χ3n) is 8.79. The highest BCUT2D eigenvalue weighted by Crippen LogP contribution is 2.53. The molecule has 5 aromatic carbocycles. The third-order valence-corrected chi connectivity index (χ3v) is 9.92. The van der Waals surface area contributed by atoms with Crippen molar-refractivity contribution >= 4 is 64.2 Å². The summed E-state index contributed by atoms with van der Waals surface area (Å²) in [7, 11) is 0. The van der Waals surface area contributed by atoms with Crippen molar-refractivity contribution in [3.05, 3.63) is 120 Å². The molecule has 0 radical (unpaired) electrons. The molecule has 0 unspecified atom stereocenters. The summed E-state index contributed by atoms with van der Waals surface area (Å²) in [5.41, 5.74) is 10.1. The molecule has 0 fully saturated rings.